The average molecular weight is 301 g/mol. The van der Waals surface area contributed by atoms with Crippen LogP contribution in [0.5, 0.6) is 0 Å². The molecule has 0 aliphatic heterocycles. The molecule has 0 aromatic rings. The number of carbonyl (C=O) groups is 1. The highest BCUT2D eigenvalue weighted by molar-refractivity contribution is 5.94. The van der Waals surface area contributed by atoms with Gasteiger partial charge in [0.15, 0.2) is 0 Å². The van der Waals surface area contributed by atoms with Gasteiger partial charge in [0.2, 0.25) is 0 Å². The first kappa shape index (κ1) is 14.9. The van der Waals surface area contributed by atoms with Crippen LogP contribution in [0.15, 0.2) is 12.3 Å². The molecule has 4 rings (SSSR count). The standard InChI is InChI=1S/C16H22F3NO/c1-10(20-3-2-14(21)16(17,18)19)15-7-11-4-12(8-15)6-13(5-11)9-15/h2-3,10-13,20H,4-9H2,1H3. The van der Waals surface area contributed by atoms with Crippen molar-refractivity contribution in [3.63, 3.8) is 0 Å². The highest BCUT2D eigenvalue weighted by atomic mass is 19.4. The minimum Gasteiger partial charge on any atom is -0.388 e. The molecule has 0 amide bonds. The summed E-state index contributed by atoms with van der Waals surface area (Å²) in [7, 11) is 0. The zero-order valence-electron chi connectivity index (χ0n) is 12.2. The lowest BCUT2D eigenvalue weighted by Crippen LogP contribution is -2.54. The number of rotatable bonds is 4. The van der Waals surface area contributed by atoms with Gasteiger partial charge in [-0.1, -0.05) is 0 Å². The lowest BCUT2D eigenvalue weighted by molar-refractivity contribution is -0.165. The van der Waals surface area contributed by atoms with E-state index in [9.17, 15) is 18.0 Å². The monoisotopic (exact) mass is 301 g/mol. The van der Waals surface area contributed by atoms with Crippen LogP contribution >= 0.6 is 0 Å². The molecule has 0 radical (unpaired) electrons. The molecule has 2 nitrogen and oxygen atoms in total. The van der Waals surface area contributed by atoms with E-state index in [-0.39, 0.29) is 11.5 Å². The van der Waals surface area contributed by atoms with Crippen LogP contribution < -0.4 is 5.32 Å². The van der Waals surface area contributed by atoms with Crippen LogP contribution in [-0.2, 0) is 4.79 Å². The third kappa shape index (κ3) is 2.84. The smallest absolute Gasteiger partial charge is 0.388 e. The van der Waals surface area contributed by atoms with E-state index in [1.54, 1.807) is 0 Å². The number of hydrogen-bond acceptors (Lipinski definition) is 2. The molecule has 1 N–H and O–H groups in total. The maximum absolute atomic E-state index is 12.2. The molecule has 0 aromatic heterocycles. The molecule has 0 saturated heterocycles. The Morgan fingerprint density at radius 2 is 1.62 bits per heavy atom. The maximum Gasteiger partial charge on any atom is 0.454 e. The summed E-state index contributed by atoms with van der Waals surface area (Å²) in [4.78, 5) is 10.8. The fraction of sp³-hybridized carbons (Fsp3) is 0.812. The van der Waals surface area contributed by atoms with Crippen molar-refractivity contribution in [3.8, 4) is 0 Å². The van der Waals surface area contributed by atoms with Gasteiger partial charge in [-0.15, -0.1) is 0 Å². The van der Waals surface area contributed by atoms with Crippen molar-refractivity contribution >= 4 is 5.78 Å². The zero-order chi connectivity index (χ0) is 15.3. The highest BCUT2D eigenvalue weighted by Crippen LogP contribution is 2.61. The molecule has 4 fully saturated rings. The van der Waals surface area contributed by atoms with E-state index in [2.05, 4.69) is 12.2 Å². The Labute approximate surface area is 123 Å². The SMILES string of the molecule is CC(NC=CC(=O)C(F)(F)F)C12CC3CC(CC(C3)C1)C2. The van der Waals surface area contributed by atoms with E-state index in [1.165, 1.54) is 44.7 Å². The molecule has 4 aliphatic carbocycles. The average Bonchev–Trinajstić information content (AvgIpc) is 2.35. The topological polar surface area (TPSA) is 29.1 Å². The van der Waals surface area contributed by atoms with Gasteiger partial charge >= 0.3 is 6.18 Å². The third-order valence-corrected chi connectivity index (χ3v) is 5.86. The number of alkyl halides is 3. The normalized spacial score (nSPS) is 39.7. The van der Waals surface area contributed by atoms with E-state index in [0.29, 0.717) is 6.08 Å². The number of hydrogen-bond donors (Lipinski definition) is 1. The molecule has 1 unspecified atom stereocenters. The van der Waals surface area contributed by atoms with Crippen molar-refractivity contribution < 1.29 is 18.0 Å². The van der Waals surface area contributed by atoms with Gasteiger partial charge in [-0.2, -0.15) is 13.2 Å². The zero-order valence-corrected chi connectivity index (χ0v) is 12.2. The highest BCUT2D eigenvalue weighted by Gasteiger charge is 2.52. The number of halogens is 3. The third-order valence-electron chi connectivity index (χ3n) is 5.86. The summed E-state index contributed by atoms with van der Waals surface area (Å²) in [6.07, 6.45) is 4.62. The van der Waals surface area contributed by atoms with Gasteiger partial charge in [0.05, 0.1) is 0 Å². The Hall–Kier alpha value is -1.00. The first-order valence-electron chi connectivity index (χ1n) is 7.82. The molecule has 5 heteroatoms. The van der Waals surface area contributed by atoms with E-state index in [0.717, 1.165) is 17.8 Å². The van der Waals surface area contributed by atoms with Gasteiger partial charge in [0.25, 0.3) is 5.78 Å². The molecule has 21 heavy (non-hydrogen) atoms. The van der Waals surface area contributed by atoms with E-state index in [4.69, 9.17) is 0 Å². The van der Waals surface area contributed by atoms with Gasteiger partial charge < -0.3 is 5.32 Å². The van der Waals surface area contributed by atoms with Crippen molar-refractivity contribution in [2.75, 3.05) is 0 Å². The Balaban J connectivity index is 1.62. The quantitative estimate of drug-likeness (QED) is 0.800. The summed E-state index contributed by atoms with van der Waals surface area (Å²) < 4.78 is 36.5. The largest absolute Gasteiger partial charge is 0.454 e. The number of nitrogens with one attached hydrogen (secondary N) is 1. The van der Waals surface area contributed by atoms with E-state index in [1.807, 2.05) is 0 Å². The maximum atomic E-state index is 12.2. The molecule has 4 aliphatic rings. The summed E-state index contributed by atoms with van der Waals surface area (Å²) in [5.74, 6) is 0.622. The predicted molar refractivity (Wildman–Crippen MR) is 73.4 cm³/mol. The Morgan fingerprint density at radius 1 is 1.14 bits per heavy atom. The molecular weight excluding hydrogens is 279 g/mol. The molecule has 118 valence electrons. The van der Waals surface area contributed by atoms with Crippen LogP contribution in [0.4, 0.5) is 13.2 Å². The summed E-state index contributed by atoms with van der Waals surface area (Å²) in [6, 6.07) is 0.128. The van der Waals surface area contributed by atoms with Gasteiger partial charge in [0.1, 0.15) is 0 Å². The van der Waals surface area contributed by atoms with Gasteiger partial charge in [-0.05, 0) is 68.6 Å². The Morgan fingerprint density at radius 3 is 2.05 bits per heavy atom. The van der Waals surface area contributed by atoms with Crippen LogP contribution in [0.25, 0.3) is 0 Å². The van der Waals surface area contributed by atoms with Crippen molar-refractivity contribution in [1.29, 1.82) is 0 Å². The second kappa shape index (κ2) is 5.03. The molecule has 1 atom stereocenters. The van der Waals surface area contributed by atoms with Crippen LogP contribution in [0.1, 0.15) is 45.4 Å². The Bertz CT molecular complexity index is 420. The van der Waals surface area contributed by atoms with Crippen molar-refractivity contribution in [3.05, 3.63) is 12.3 Å². The summed E-state index contributed by atoms with van der Waals surface area (Å²) in [6.45, 7) is 2.05. The van der Waals surface area contributed by atoms with Crippen molar-refractivity contribution in [1.82, 2.24) is 5.32 Å². The lowest BCUT2D eigenvalue weighted by atomic mass is 9.48. The summed E-state index contributed by atoms with van der Waals surface area (Å²) in [5.41, 5.74) is 0.223. The first-order valence-corrected chi connectivity index (χ1v) is 7.82. The molecule has 4 saturated carbocycles. The van der Waals surface area contributed by atoms with Gasteiger partial charge in [-0.25, -0.2) is 0 Å². The van der Waals surface area contributed by atoms with Crippen molar-refractivity contribution in [2.24, 2.45) is 23.2 Å². The minimum atomic E-state index is -4.78. The van der Waals surface area contributed by atoms with Gasteiger partial charge in [-0.3, -0.25) is 4.79 Å². The minimum absolute atomic E-state index is 0.128. The van der Waals surface area contributed by atoms with E-state index >= 15 is 0 Å². The Kier molecular flexibility index (Phi) is 3.57. The molecule has 0 aromatic carbocycles. The summed E-state index contributed by atoms with van der Waals surface area (Å²) >= 11 is 0. The molecule has 4 bridgehead atoms. The number of allylic oxidation sites excluding steroid dienone is 1. The van der Waals surface area contributed by atoms with Crippen LogP contribution in [0, 0.1) is 23.2 Å². The number of ketones is 1. The fourth-order valence-electron chi connectivity index (χ4n) is 5.25. The van der Waals surface area contributed by atoms with Crippen LogP contribution in [0.2, 0.25) is 0 Å². The predicted octanol–water partition coefficient (Wildman–Crippen LogP) is 3.83. The van der Waals surface area contributed by atoms with Crippen molar-refractivity contribution in [2.45, 2.75) is 57.7 Å². The molecule has 0 heterocycles. The van der Waals surface area contributed by atoms with Gasteiger partial charge in [0, 0.05) is 18.3 Å². The summed E-state index contributed by atoms with van der Waals surface area (Å²) in [5, 5.41) is 3.04. The lowest BCUT2D eigenvalue weighted by Gasteiger charge is -2.59. The molecular formula is C16H22F3NO. The van der Waals surface area contributed by atoms with E-state index < -0.39 is 12.0 Å². The second-order valence-corrected chi connectivity index (χ2v) is 7.36. The number of carbonyl (C=O) groups excluding carboxylic acids is 1. The molecule has 0 spiro atoms. The van der Waals surface area contributed by atoms with Crippen LogP contribution in [0.3, 0.4) is 0 Å². The first-order chi connectivity index (χ1) is 9.78. The second-order valence-electron chi connectivity index (χ2n) is 7.36. The van der Waals surface area contributed by atoms with Crippen LogP contribution in [-0.4, -0.2) is 18.0 Å². The fourth-order valence-corrected chi connectivity index (χ4v) is 5.25.